The highest BCUT2D eigenvalue weighted by Gasteiger charge is 2.24. The van der Waals surface area contributed by atoms with Crippen molar-refractivity contribution in [2.45, 2.75) is 11.9 Å². The van der Waals surface area contributed by atoms with Crippen molar-refractivity contribution in [3.8, 4) is 0 Å². The van der Waals surface area contributed by atoms with Crippen molar-refractivity contribution < 1.29 is 8.42 Å². The van der Waals surface area contributed by atoms with Crippen LogP contribution in [-0.4, -0.2) is 29.9 Å². The average molecular weight is 252 g/mol. The van der Waals surface area contributed by atoms with E-state index in [0.717, 1.165) is 0 Å². The number of anilines is 1. The van der Waals surface area contributed by atoms with Gasteiger partial charge in [-0.05, 0) is 19.1 Å². The molecular formula is C10H12N4O2S. The second-order valence-electron chi connectivity index (χ2n) is 3.29. The summed E-state index contributed by atoms with van der Waals surface area (Å²) in [5.41, 5.74) is 0.581. The molecular weight excluding hydrogens is 240 g/mol. The SMILES string of the molecule is CCN(c1ccncc1)S(=O)(=O)c1cnc[nH]1. The maximum absolute atomic E-state index is 12.3. The molecule has 0 spiro atoms. The van der Waals surface area contributed by atoms with Crippen LogP contribution in [-0.2, 0) is 10.0 Å². The van der Waals surface area contributed by atoms with Gasteiger partial charge >= 0.3 is 0 Å². The van der Waals surface area contributed by atoms with Crippen molar-refractivity contribution in [3.63, 3.8) is 0 Å². The Hall–Kier alpha value is -1.89. The molecule has 90 valence electrons. The number of aromatic nitrogens is 3. The summed E-state index contributed by atoms with van der Waals surface area (Å²) in [4.78, 5) is 10.2. The van der Waals surface area contributed by atoms with Crippen molar-refractivity contribution in [1.29, 1.82) is 0 Å². The molecule has 0 aliphatic carbocycles. The highest BCUT2D eigenvalue weighted by Crippen LogP contribution is 2.20. The van der Waals surface area contributed by atoms with Crippen molar-refractivity contribution in [1.82, 2.24) is 15.0 Å². The molecule has 0 bridgehead atoms. The van der Waals surface area contributed by atoms with Crippen LogP contribution in [0.25, 0.3) is 0 Å². The topological polar surface area (TPSA) is 79.0 Å². The minimum absolute atomic E-state index is 0.0798. The highest BCUT2D eigenvalue weighted by molar-refractivity contribution is 7.92. The van der Waals surface area contributed by atoms with Crippen molar-refractivity contribution in [3.05, 3.63) is 37.1 Å². The van der Waals surface area contributed by atoms with Crippen LogP contribution in [0.15, 0.2) is 42.1 Å². The van der Waals surface area contributed by atoms with E-state index in [1.54, 1.807) is 31.5 Å². The van der Waals surface area contributed by atoms with Crippen LogP contribution < -0.4 is 4.31 Å². The first kappa shape index (κ1) is 11.6. The van der Waals surface area contributed by atoms with Crippen molar-refractivity contribution in [2.75, 3.05) is 10.8 Å². The van der Waals surface area contributed by atoms with Gasteiger partial charge in [0.05, 0.1) is 18.2 Å². The Morgan fingerprint density at radius 2 is 2.00 bits per heavy atom. The molecule has 0 atom stereocenters. The summed E-state index contributed by atoms with van der Waals surface area (Å²) in [6, 6.07) is 3.30. The fraction of sp³-hybridized carbons (Fsp3) is 0.200. The lowest BCUT2D eigenvalue weighted by atomic mass is 10.4. The van der Waals surface area contributed by atoms with Crippen LogP contribution in [0.4, 0.5) is 5.69 Å². The average Bonchev–Trinajstić information content (AvgIpc) is 2.85. The van der Waals surface area contributed by atoms with Gasteiger partial charge in [0.25, 0.3) is 10.0 Å². The lowest BCUT2D eigenvalue weighted by Crippen LogP contribution is -2.31. The van der Waals surface area contributed by atoms with E-state index in [2.05, 4.69) is 15.0 Å². The van der Waals surface area contributed by atoms with Crippen molar-refractivity contribution >= 4 is 15.7 Å². The minimum Gasteiger partial charge on any atom is -0.334 e. The van der Waals surface area contributed by atoms with Crippen LogP contribution >= 0.6 is 0 Å². The van der Waals surface area contributed by atoms with E-state index in [-0.39, 0.29) is 5.03 Å². The first-order chi connectivity index (χ1) is 8.16. The number of aromatic amines is 1. The summed E-state index contributed by atoms with van der Waals surface area (Å²) in [7, 11) is -3.57. The zero-order chi connectivity index (χ0) is 12.3. The van der Waals surface area contributed by atoms with Crippen LogP contribution in [0, 0.1) is 0 Å². The van der Waals surface area contributed by atoms with E-state index in [4.69, 9.17) is 0 Å². The fourth-order valence-corrected chi connectivity index (χ4v) is 2.88. The Balaban J connectivity index is 2.44. The van der Waals surface area contributed by atoms with E-state index in [9.17, 15) is 8.42 Å². The molecule has 0 radical (unpaired) electrons. The smallest absolute Gasteiger partial charge is 0.281 e. The molecule has 0 saturated carbocycles. The van der Waals surface area contributed by atoms with Gasteiger partial charge in [-0.15, -0.1) is 0 Å². The van der Waals surface area contributed by atoms with Gasteiger partial charge in [-0.2, -0.15) is 8.42 Å². The van der Waals surface area contributed by atoms with Gasteiger partial charge in [0.2, 0.25) is 0 Å². The summed E-state index contributed by atoms with van der Waals surface area (Å²) >= 11 is 0. The monoisotopic (exact) mass is 252 g/mol. The molecule has 17 heavy (non-hydrogen) atoms. The van der Waals surface area contributed by atoms with Gasteiger partial charge in [0, 0.05) is 18.9 Å². The number of imidazole rings is 1. The largest absolute Gasteiger partial charge is 0.334 e. The quantitative estimate of drug-likeness (QED) is 0.881. The standard InChI is InChI=1S/C10H12N4O2S/c1-2-14(9-3-5-11-6-4-9)17(15,16)10-7-12-8-13-10/h3-8H,2H2,1H3,(H,12,13). The number of H-pyrrole nitrogens is 1. The fourth-order valence-electron chi connectivity index (χ4n) is 1.50. The summed E-state index contributed by atoms with van der Waals surface area (Å²) in [5.74, 6) is 0. The maximum atomic E-state index is 12.3. The van der Waals surface area contributed by atoms with E-state index in [0.29, 0.717) is 12.2 Å². The summed E-state index contributed by atoms with van der Waals surface area (Å²) in [6.45, 7) is 2.11. The number of nitrogens with zero attached hydrogens (tertiary/aromatic N) is 3. The number of sulfonamides is 1. The number of rotatable bonds is 4. The molecule has 2 rings (SSSR count). The van der Waals surface area contributed by atoms with Gasteiger partial charge in [-0.1, -0.05) is 0 Å². The van der Waals surface area contributed by atoms with Crippen molar-refractivity contribution in [2.24, 2.45) is 0 Å². The Morgan fingerprint density at radius 3 is 2.53 bits per heavy atom. The number of nitrogens with one attached hydrogen (secondary N) is 1. The minimum atomic E-state index is -3.57. The molecule has 0 aromatic carbocycles. The van der Waals surface area contributed by atoms with Gasteiger partial charge in [0.15, 0.2) is 5.03 Å². The van der Waals surface area contributed by atoms with Crippen LogP contribution in [0.5, 0.6) is 0 Å². The number of hydrogen-bond donors (Lipinski definition) is 1. The van der Waals surface area contributed by atoms with Gasteiger partial charge in [-0.3, -0.25) is 9.29 Å². The molecule has 0 saturated heterocycles. The van der Waals surface area contributed by atoms with Crippen LogP contribution in [0.2, 0.25) is 0 Å². The van der Waals surface area contributed by atoms with Crippen LogP contribution in [0.3, 0.4) is 0 Å². The molecule has 2 heterocycles. The molecule has 0 fully saturated rings. The van der Waals surface area contributed by atoms with Gasteiger partial charge in [-0.25, -0.2) is 4.98 Å². The molecule has 0 amide bonds. The molecule has 0 unspecified atom stereocenters. The predicted octanol–water partition coefficient (Wildman–Crippen LogP) is 1.02. The molecule has 2 aromatic rings. The third-order valence-corrected chi connectivity index (χ3v) is 4.11. The molecule has 0 aliphatic heterocycles. The summed E-state index contributed by atoms with van der Waals surface area (Å²) in [5, 5.41) is 0.0798. The van der Waals surface area contributed by atoms with E-state index in [1.807, 2.05) is 0 Å². The van der Waals surface area contributed by atoms with E-state index >= 15 is 0 Å². The first-order valence-electron chi connectivity index (χ1n) is 5.07. The molecule has 6 nitrogen and oxygen atoms in total. The Bertz CT molecular complexity index is 566. The lowest BCUT2D eigenvalue weighted by Gasteiger charge is -2.21. The Kier molecular flexibility index (Phi) is 3.10. The Morgan fingerprint density at radius 1 is 1.29 bits per heavy atom. The predicted molar refractivity (Wildman–Crippen MR) is 63.0 cm³/mol. The first-order valence-corrected chi connectivity index (χ1v) is 6.51. The van der Waals surface area contributed by atoms with E-state index < -0.39 is 10.0 Å². The Labute approximate surface area is 99.4 Å². The van der Waals surface area contributed by atoms with Gasteiger partial charge < -0.3 is 4.98 Å². The highest BCUT2D eigenvalue weighted by atomic mass is 32.2. The zero-order valence-corrected chi connectivity index (χ0v) is 10.1. The third kappa shape index (κ3) is 2.14. The second-order valence-corrected chi connectivity index (χ2v) is 5.12. The van der Waals surface area contributed by atoms with Gasteiger partial charge in [0.1, 0.15) is 0 Å². The second kappa shape index (κ2) is 4.54. The summed E-state index contributed by atoms with van der Waals surface area (Å²) < 4.78 is 25.8. The normalized spacial score (nSPS) is 11.4. The number of hydrogen-bond acceptors (Lipinski definition) is 4. The van der Waals surface area contributed by atoms with Crippen LogP contribution in [0.1, 0.15) is 6.92 Å². The molecule has 7 heteroatoms. The third-order valence-electron chi connectivity index (χ3n) is 2.28. The van der Waals surface area contributed by atoms with E-state index in [1.165, 1.54) is 16.8 Å². The molecule has 0 aliphatic rings. The molecule has 2 aromatic heterocycles. The lowest BCUT2D eigenvalue weighted by molar-refractivity contribution is 0.589. The summed E-state index contributed by atoms with van der Waals surface area (Å²) in [6.07, 6.45) is 5.74. The maximum Gasteiger partial charge on any atom is 0.281 e. The molecule has 1 N–H and O–H groups in total. The number of pyridine rings is 1. The zero-order valence-electron chi connectivity index (χ0n) is 9.24.